The molecule has 6 heterocycles. The summed E-state index contributed by atoms with van der Waals surface area (Å²) in [6.07, 6.45) is 11.0. The largest absolute Gasteiger partial charge is 0.488 e. The van der Waals surface area contributed by atoms with Crippen LogP contribution in [-0.4, -0.2) is 114 Å². The first-order chi connectivity index (χ1) is 46.3. The van der Waals surface area contributed by atoms with Crippen molar-refractivity contribution in [2.24, 2.45) is 0 Å². The third kappa shape index (κ3) is 17.8. The van der Waals surface area contributed by atoms with Crippen LogP contribution in [0.4, 0.5) is 0 Å². The maximum absolute atomic E-state index is 6.68. The van der Waals surface area contributed by atoms with Gasteiger partial charge < -0.3 is 42.6 Å². The minimum absolute atomic E-state index is 0.314. The molecule has 16 nitrogen and oxygen atoms in total. The van der Waals surface area contributed by atoms with E-state index in [2.05, 4.69) is 71.2 Å². The molecule has 0 atom stereocenters. The summed E-state index contributed by atoms with van der Waals surface area (Å²) in [4.78, 5) is 29.7. The van der Waals surface area contributed by atoms with Crippen LogP contribution in [0.5, 0.6) is 34.5 Å². The molecule has 0 fully saturated rings. The summed E-state index contributed by atoms with van der Waals surface area (Å²) in [5.74, 6) is 3.79. The van der Waals surface area contributed by atoms with Crippen LogP contribution in [0.3, 0.4) is 0 Å². The van der Waals surface area contributed by atoms with Gasteiger partial charge >= 0.3 is 0 Å². The predicted molar refractivity (Wildman–Crippen MR) is 367 cm³/mol. The van der Waals surface area contributed by atoms with Gasteiger partial charge in [-0.05, 0) is 159 Å². The lowest BCUT2D eigenvalue weighted by molar-refractivity contribution is 0.0862. The van der Waals surface area contributed by atoms with Gasteiger partial charge in [0, 0.05) is 56.8 Å². The maximum Gasteiger partial charge on any atom is 0.161 e. The van der Waals surface area contributed by atoms with E-state index in [1.165, 1.54) is 0 Å². The molecule has 16 heteroatoms. The van der Waals surface area contributed by atoms with E-state index in [9.17, 15) is 0 Å². The molecule has 0 N–H and O–H groups in total. The van der Waals surface area contributed by atoms with Gasteiger partial charge in [0.1, 0.15) is 39.6 Å². The summed E-state index contributed by atoms with van der Waals surface area (Å²) in [5, 5.41) is 6.23. The number of benzene rings is 6. The third-order valence-electron chi connectivity index (χ3n) is 15.7. The Morgan fingerprint density at radius 3 is 0.713 bits per heavy atom. The first kappa shape index (κ1) is 63.8. The summed E-state index contributed by atoms with van der Waals surface area (Å²) in [6, 6.07) is 60.7. The number of ether oxygens (including phenoxy) is 9. The Hall–Kier alpha value is -10.4. The summed E-state index contributed by atoms with van der Waals surface area (Å²) < 4.78 is 57.5. The molecule has 0 saturated heterocycles. The van der Waals surface area contributed by atoms with Crippen LogP contribution in [0.25, 0.3) is 66.5 Å². The third-order valence-corrected chi connectivity index (χ3v) is 15.7. The monoisotopic (exact) mass is 1250 g/mol. The van der Waals surface area contributed by atoms with Crippen molar-refractivity contribution in [1.29, 1.82) is 0 Å². The highest BCUT2D eigenvalue weighted by molar-refractivity contribution is 5.88. The van der Waals surface area contributed by atoms with Gasteiger partial charge in [0.2, 0.25) is 0 Å². The summed E-state index contributed by atoms with van der Waals surface area (Å²) in [7, 11) is 0. The molecule has 476 valence electrons. The Kier molecular flexibility index (Phi) is 21.9. The highest BCUT2D eigenvalue weighted by atomic mass is 16.6. The van der Waals surface area contributed by atoms with Crippen molar-refractivity contribution >= 4 is 32.3 Å². The zero-order valence-electron chi connectivity index (χ0n) is 53.2. The fourth-order valence-corrected chi connectivity index (χ4v) is 10.5. The van der Waals surface area contributed by atoms with Gasteiger partial charge in [0.05, 0.1) is 73.8 Å². The Balaban J connectivity index is 0.693. The number of nitrogens with zero attached hydrogens (tertiary/aromatic N) is 7. The van der Waals surface area contributed by atoms with Gasteiger partial charge in [0.25, 0.3) is 0 Å². The average molecular weight is 1250 g/mol. The average Bonchev–Trinajstić information content (AvgIpc) is 1.02. The molecule has 6 aromatic heterocycles. The Morgan fingerprint density at radius 1 is 0.255 bits per heavy atom. The minimum Gasteiger partial charge on any atom is -0.488 e. The van der Waals surface area contributed by atoms with Gasteiger partial charge in [-0.3, -0.25) is 34.8 Å². The zero-order valence-corrected chi connectivity index (χ0v) is 53.2. The van der Waals surface area contributed by atoms with E-state index in [0.29, 0.717) is 133 Å². The number of pyridine rings is 6. The second kappa shape index (κ2) is 32.3. The number of aryl methyl sites for hydroxylation is 3. The quantitative estimate of drug-likeness (QED) is 0.0357. The SMILES string of the molecule is Cc1ccc(-c2ccc(COCCOc3cc4ccccc4cc3OCCN(CCOc3cc4ccccc4cc3OCCOCc3ccc(-c4ccc(C)cn4)nc3)CCOc3cc4ccccc4cc3OCCOCc3ccc(-c4ccc(C)cn4)nc3)cn2)nc1. The van der Waals surface area contributed by atoms with Gasteiger partial charge in [-0.25, -0.2) is 0 Å². The lowest BCUT2D eigenvalue weighted by Gasteiger charge is -2.24. The molecule has 0 unspecified atom stereocenters. The second-order valence-electron chi connectivity index (χ2n) is 22.8. The van der Waals surface area contributed by atoms with Gasteiger partial charge in [-0.2, -0.15) is 0 Å². The molecule has 0 aliphatic rings. The van der Waals surface area contributed by atoms with E-state index in [0.717, 1.165) is 99.9 Å². The standard InChI is InChI=1S/C78H75N7O9/c1-55-16-22-67(79-46-55)70-25-19-58(49-82-70)52-86-34-37-92-76-43-64-13-7-4-10-61(64)40-73(76)89-31-28-85(29-32-90-74-41-62-11-5-8-14-65(62)44-77(74)93-38-35-87-53-59-20-26-71(83-50-59)68-23-17-56(2)47-80-68)30-33-91-75-42-63-12-6-9-15-66(63)45-78(75)94-39-36-88-54-60-21-27-72(84-51-60)69-24-18-57(3)48-81-69/h4-27,40-51H,28-39,52-54H2,1-3H3. The summed E-state index contributed by atoms with van der Waals surface area (Å²) in [6.45, 7) is 11.9. The number of hydrogen-bond acceptors (Lipinski definition) is 16. The number of aromatic nitrogens is 6. The molecular formula is C78H75N7O9. The van der Waals surface area contributed by atoms with Crippen molar-refractivity contribution in [3.05, 3.63) is 253 Å². The molecule has 12 rings (SSSR count). The van der Waals surface area contributed by atoms with Crippen LogP contribution < -0.4 is 28.4 Å². The van der Waals surface area contributed by atoms with Crippen LogP contribution in [0, 0.1) is 20.8 Å². The van der Waals surface area contributed by atoms with Crippen LogP contribution >= 0.6 is 0 Å². The Bertz CT molecular complexity index is 3920. The van der Waals surface area contributed by atoms with E-state index in [1.807, 2.05) is 204 Å². The number of rotatable bonds is 33. The van der Waals surface area contributed by atoms with Gasteiger partial charge in [-0.1, -0.05) is 109 Å². The lowest BCUT2D eigenvalue weighted by Crippen LogP contribution is -2.35. The molecule has 6 aromatic carbocycles. The minimum atomic E-state index is 0.314. The van der Waals surface area contributed by atoms with E-state index in [-0.39, 0.29) is 0 Å². The molecule has 0 saturated carbocycles. The molecule has 0 bridgehead atoms. The van der Waals surface area contributed by atoms with E-state index >= 15 is 0 Å². The van der Waals surface area contributed by atoms with Crippen LogP contribution in [-0.2, 0) is 34.0 Å². The van der Waals surface area contributed by atoms with Crippen molar-refractivity contribution in [3.8, 4) is 68.7 Å². The van der Waals surface area contributed by atoms with E-state index in [1.54, 1.807) is 0 Å². The molecule has 0 aliphatic carbocycles. The molecule has 0 aliphatic heterocycles. The number of fused-ring (bicyclic) bond motifs is 3. The predicted octanol–water partition coefficient (Wildman–Crippen LogP) is 15.1. The van der Waals surface area contributed by atoms with Crippen molar-refractivity contribution < 1.29 is 42.6 Å². The molecule has 12 aromatic rings. The molecular weight excluding hydrogens is 1180 g/mol. The maximum atomic E-state index is 6.68. The summed E-state index contributed by atoms with van der Waals surface area (Å²) >= 11 is 0. The Labute approximate surface area is 548 Å². The smallest absolute Gasteiger partial charge is 0.161 e. The van der Waals surface area contributed by atoms with Crippen molar-refractivity contribution in [2.45, 2.75) is 40.6 Å². The fraction of sp³-hybridized carbons (Fsp3) is 0.231. The first-order valence-electron chi connectivity index (χ1n) is 31.7. The number of hydrogen-bond donors (Lipinski definition) is 0. The normalized spacial score (nSPS) is 11.4. The topological polar surface area (TPSA) is 164 Å². The first-order valence-corrected chi connectivity index (χ1v) is 31.7. The fourth-order valence-electron chi connectivity index (χ4n) is 10.5. The van der Waals surface area contributed by atoms with Crippen molar-refractivity contribution in [2.75, 3.05) is 79.1 Å². The van der Waals surface area contributed by atoms with Gasteiger partial charge in [-0.15, -0.1) is 0 Å². The highest BCUT2D eigenvalue weighted by Gasteiger charge is 2.16. The molecule has 0 amide bonds. The van der Waals surface area contributed by atoms with E-state index < -0.39 is 0 Å². The van der Waals surface area contributed by atoms with Crippen molar-refractivity contribution in [1.82, 2.24) is 34.8 Å². The van der Waals surface area contributed by atoms with Crippen LogP contribution in [0.15, 0.2) is 219 Å². The zero-order chi connectivity index (χ0) is 64.1. The second-order valence-corrected chi connectivity index (χ2v) is 22.8. The Morgan fingerprint density at radius 2 is 0.489 bits per heavy atom. The highest BCUT2D eigenvalue weighted by Crippen LogP contribution is 2.36. The van der Waals surface area contributed by atoms with Crippen LogP contribution in [0.2, 0.25) is 0 Å². The molecule has 0 spiro atoms. The van der Waals surface area contributed by atoms with E-state index in [4.69, 9.17) is 42.6 Å². The lowest BCUT2D eigenvalue weighted by atomic mass is 10.1. The summed E-state index contributed by atoms with van der Waals surface area (Å²) in [5.41, 5.74) is 11.1. The van der Waals surface area contributed by atoms with Crippen LogP contribution in [0.1, 0.15) is 33.4 Å². The van der Waals surface area contributed by atoms with Crippen molar-refractivity contribution in [3.63, 3.8) is 0 Å². The molecule has 94 heavy (non-hydrogen) atoms. The van der Waals surface area contributed by atoms with Gasteiger partial charge in [0.15, 0.2) is 34.5 Å². The molecule has 0 radical (unpaired) electrons.